The molecule has 2 rings (SSSR count). The molecule has 2 unspecified atom stereocenters. The highest BCUT2D eigenvalue weighted by atomic mass is 79.9. The van der Waals surface area contributed by atoms with E-state index in [1.807, 2.05) is 24.3 Å². The second-order valence-electron chi connectivity index (χ2n) is 4.91. The van der Waals surface area contributed by atoms with Crippen LogP contribution in [0, 0.1) is 0 Å². The first-order chi connectivity index (χ1) is 8.47. The minimum absolute atomic E-state index is 0.101. The Morgan fingerprint density at radius 3 is 2.56 bits per heavy atom. The van der Waals surface area contributed by atoms with Gasteiger partial charge in [0.2, 0.25) is 0 Å². The molecular weight excluding hydrogens is 314 g/mol. The zero-order valence-corrected chi connectivity index (χ0v) is 12.8. The van der Waals surface area contributed by atoms with Crippen molar-refractivity contribution in [3.05, 3.63) is 34.3 Å². The van der Waals surface area contributed by atoms with Crippen molar-refractivity contribution >= 4 is 25.8 Å². The fraction of sp³-hybridized carbons (Fsp3) is 0.538. The molecule has 0 radical (unpaired) electrons. The molecule has 1 aliphatic rings. The van der Waals surface area contributed by atoms with E-state index in [9.17, 15) is 8.42 Å². The van der Waals surface area contributed by atoms with Gasteiger partial charge in [-0.25, -0.2) is 8.42 Å². The van der Waals surface area contributed by atoms with E-state index in [1.54, 1.807) is 0 Å². The minimum Gasteiger partial charge on any atom is -0.309 e. The topological polar surface area (TPSA) is 46.2 Å². The van der Waals surface area contributed by atoms with Crippen molar-refractivity contribution in [3.63, 3.8) is 0 Å². The highest BCUT2D eigenvalue weighted by molar-refractivity contribution is 9.10. The lowest BCUT2D eigenvalue weighted by Gasteiger charge is -2.19. The third-order valence-corrected chi connectivity index (χ3v) is 5.68. The van der Waals surface area contributed by atoms with Gasteiger partial charge in [0.1, 0.15) is 0 Å². The Balaban J connectivity index is 1.96. The largest absolute Gasteiger partial charge is 0.309 e. The first-order valence-electron chi connectivity index (χ1n) is 6.13. The number of benzene rings is 1. The number of hydrogen-bond donors (Lipinski definition) is 1. The molecule has 0 spiro atoms. The maximum atomic E-state index is 11.7. The fourth-order valence-corrected chi connectivity index (χ4v) is 4.21. The molecule has 18 heavy (non-hydrogen) atoms. The summed E-state index contributed by atoms with van der Waals surface area (Å²) in [4.78, 5) is 0. The Hall–Kier alpha value is -0.390. The van der Waals surface area contributed by atoms with Gasteiger partial charge in [-0.2, -0.15) is 0 Å². The maximum Gasteiger partial charge on any atom is 0.151 e. The molecule has 1 aromatic rings. The van der Waals surface area contributed by atoms with E-state index in [-0.39, 0.29) is 11.3 Å². The van der Waals surface area contributed by atoms with E-state index >= 15 is 0 Å². The van der Waals surface area contributed by atoms with E-state index in [2.05, 4.69) is 21.2 Å². The van der Waals surface area contributed by atoms with Crippen molar-refractivity contribution in [1.29, 1.82) is 0 Å². The van der Waals surface area contributed by atoms with Gasteiger partial charge in [-0.05, 0) is 30.5 Å². The normalized spacial score (nSPS) is 24.3. The smallest absolute Gasteiger partial charge is 0.151 e. The molecule has 100 valence electrons. The molecule has 2 atom stereocenters. The van der Waals surface area contributed by atoms with Gasteiger partial charge in [0.05, 0.1) is 5.25 Å². The maximum absolute atomic E-state index is 11.7. The molecule has 3 nitrogen and oxygen atoms in total. The van der Waals surface area contributed by atoms with E-state index in [0.717, 1.165) is 30.3 Å². The Kier molecular flexibility index (Phi) is 4.45. The van der Waals surface area contributed by atoms with Gasteiger partial charge in [0.15, 0.2) is 9.84 Å². The van der Waals surface area contributed by atoms with Crippen molar-refractivity contribution in [1.82, 2.24) is 5.32 Å². The van der Waals surface area contributed by atoms with Crippen LogP contribution < -0.4 is 5.32 Å². The number of sulfone groups is 1. The van der Waals surface area contributed by atoms with Crippen LogP contribution in [0.4, 0.5) is 0 Å². The molecule has 0 aromatic heterocycles. The van der Waals surface area contributed by atoms with Crippen LogP contribution in [0.2, 0.25) is 0 Å². The molecule has 0 saturated heterocycles. The highest BCUT2D eigenvalue weighted by Crippen LogP contribution is 2.25. The number of halogens is 1. The average Bonchev–Trinajstić information content (AvgIpc) is 2.76. The van der Waals surface area contributed by atoms with Crippen LogP contribution in [-0.4, -0.2) is 26.0 Å². The van der Waals surface area contributed by atoms with Gasteiger partial charge in [0, 0.05) is 23.3 Å². The van der Waals surface area contributed by atoms with Gasteiger partial charge in [0.25, 0.3) is 0 Å². The van der Waals surface area contributed by atoms with Crippen molar-refractivity contribution in [3.8, 4) is 0 Å². The zero-order valence-electron chi connectivity index (χ0n) is 10.4. The number of nitrogens with one attached hydrogen (secondary N) is 1. The molecule has 1 N–H and O–H groups in total. The summed E-state index contributed by atoms with van der Waals surface area (Å²) in [5.41, 5.74) is 1.18. The van der Waals surface area contributed by atoms with Gasteiger partial charge >= 0.3 is 0 Å². The van der Waals surface area contributed by atoms with E-state index in [1.165, 1.54) is 11.8 Å². The highest BCUT2D eigenvalue weighted by Gasteiger charge is 2.34. The Bertz CT molecular complexity index is 498. The molecular formula is C13H18BrNO2S. The molecule has 0 heterocycles. The summed E-state index contributed by atoms with van der Waals surface area (Å²) in [5.74, 6) is 0. The quantitative estimate of drug-likeness (QED) is 0.922. The van der Waals surface area contributed by atoms with E-state index < -0.39 is 9.84 Å². The lowest BCUT2D eigenvalue weighted by atomic mass is 10.2. The molecule has 1 saturated carbocycles. The predicted octanol–water partition coefficient (Wildman–Crippen LogP) is 2.50. The summed E-state index contributed by atoms with van der Waals surface area (Å²) in [7, 11) is -2.93. The first-order valence-corrected chi connectivity index (χ1v) is 8.88. The molecule has 0 amide bonds. The lowest BCUT2D eigenvalue weighted by Crippen LogP contribution is -2.39. The molecule has 0 aliphatic heterocycles. The number of hydrogen-bond acceptors (Lipinski definition) is 3. The first kappa shape index (κ1) is 14.0. The number of rotatable bonds is 4. The molecule has 1 aromatic carbocycles. The Morgan fingerprint density at radius 1 is 1.28 bits per heavy atom. The molecule has 1 aliphatic carbocycles. The average molecular weight is 332 g/mol. The van der Waals surface area contributed by atoms with Crippen molar-refractivity contribution < 1.29 is 8.42 Å². The van der Waals surface area contributed by atoms with Crippen molar-refractivity contribution in [2.45, 2.75) is 37.1 Å². The molecule has 0 bridgehead atoms. The van der Waals surface area contributed by atoms with Crippen molar-refractivity contribution in [2.24, 2.45) is 0 Å². The third kappa shape index (κ3) is 3.56. The fourth-order valence-electron chi connectivity index (χ4n) is 2.52. The summed E-state index contributed by atoms with van der Waals surface area (Å²) in [6.07, 6.45) is 4.08. The summed E-state index contributed by atoms with van der Waals surface area (Å²) in [6.45, 7) is 0.726. The van der Waals surface area contributed by atoms with Crippen LogP contribution in [0.25, 0.3) is 0 Å². The van der Waals surface area contributed by atoms with Gasteiger partial charge in [-0.3, -0.25) is 0 Å². The van der Waals surface area contributed by atoms with Crippen LogP contribution in [-0.2, 0) is 16.4 Å². The lowest BCUT2D eigenvalue weighted by molar-refractivity contribution is 0.507. The van der Waals surface area contributed by atoms with E-state index in [4.69, 9.17) is 0 Å². The minimum atomic E-state index is -2.93. The second kappa shape index (κ2) is 5.72. The summed E-state index contributed by atoms with van der Waals surface area (Å²) in [5, 5.41) is 3.16. The Labute approximate surface area is 117 Å². The van der Waals surface area contributed by atoms with Gasteiger partial charge in [-0.15, -0.1) is 0 Å². The predicted molar refractivity (Wildman–Crippen MR) is 77.3 cm³/mol. The van der Waals surface area contributed by atoms with Crippen LogP contribution >= 0.6 is 15.9 Å². The Morgan fingerprint density at radius 2 is 1.94 bits per heavy atom. The summed E-state index contributed by atoms with van der Waals surface area (Å²) < 4.78 is 24.4. The molecule has 5 heteroatoms. The van der Waals surface area contributed by atoms with Gasteiger partial charge < -0.3 is 5.32 Å². The van der Waals surface area contributed by atoms with Crippen LogP contribution in [0.3, 0.4) is 0 Å². The van der Waals surface area contributed by atoms with Gasteiger partial charge in [-0.1, -0.05) is 34.5 Å². The SMILES string of the molecule is CS(=O)(=O)C1CCCC1NCc1ccc(Br)cc1. The second-order valence-corrected chi connectivity index (χ2v) is 8.09. The van der Waals surface area contributed by atoms with Crippen LogP contribution in [0.1, 0.15) is 24.8 Å². The summed E-state index contributed by atoms with van der Waals surface area (Å²) in [6, 6.07) is 8.19. The zero-order chi connectivity index (χ0) is 13.2. The standard InChI is InChI=1S/C13H18BrNO2S/c1-18(16,17)13-4-2-3-12(13)15-9-10-5-7-11(14)8-6-10/h5-8,12-13,15H,2-4,9H2,1H3. The summed E-state index contributed by atoms with van der Waals surface area (Å²) >= 11 is 3.40. The molecule has 1 fully saturated rings. The van der Waals surface area contributed by atoms with Crippen LogP contribution in [0.15, 0.2) is 28.7 Å². The third-order valence-electron chi connectivity index (χ3n) is 3.48. The van der Waals surface area contributed by atoms with E-state index in [0.29, 0.717) is 0 Å². The van der Waals surface area contributed by atoms with Crippen LogP contribution in [0.5, 0.6) is 0 Å². The monoisotopic (exact) mass is 331 g/mol. The van der Waals surface area contributed by atoms with Crippen molar-refractivity contribution in [2.75, 3.05) is 6.26 Å².